The fraction of sp³-hybridized carbons (Fsp3) is 1.00. The second-order valence-electron chi connectivity index (χ2n) is 7.50. The molecule has 3 atom stereocenters. The van der Waals surface area contributed by atoms with E-state index in [4.69, 9.17) is 4.74 Å². The second-order valence-corrected chi connectivity index (χ2v) is 7.50. The summed E-state index contributed by atoms with van der Waals surface area (Å²) in [5.41, 5.74) is 0. The maximum absolute atomic E-state index is 5.84. The Hall–Kier alpha value is -0.120. The van der Waals surface area contributed by atoms with E-state index in [0.29, 0.717) is 18.0 Å². The summed E-state index contributed by atoms with van der Waals surface area (Å²) in [6, 6.07) is 1.29. The van der Waals surface area contributed by atoms with Crippen LogP contribution in [0.5, 0.6) is 0 Å². The molecule has 0 amide bonds. The van der Waals surface area contributed by atoms with Crippen LogP contribution in [0.2, 0.25) is 0 Å². The lowest BCUT2D eigenvalue weighted by Gasteiger charge is -2.44. The van der Waals surface area contributed by atoms with E-state index < -0.39 is 0 Å². The fourth-order valence-corrected chi connectivity index (χ4v) is 3.04. The third-order valence-corrected chi connectivity index (χ3v) is 4.95. The predicted octanol–water partition coefficient (Wildman–Crippen LogP) is 3.39. The molecule has 1 N–H and O–H groups in total. The van der Waals surface area contributed by atoms with Gasteiger partial charge in [-0.1, -0.05) is 48.0 Å². The lowest BCUT2D eigenvalue weighted by atomic mass is 9.92. The molecule has 1 aliphatic rings. The number of hydrogen-bond donors (Lipinski definition) is 1. The fourth-order valence-electron chi connectivity index (χ4n) is 3.04. The molecule has 1 aliphatic heterocycles. The molecule has 0 bridgehead atoms. The molecule has 0 aromatic heterocycles. The number of rotatable bonds is 9. The maximum Gasteiger partial charge on any atom is 0.0593 e. The van der Waals surface area contributed by atoms with Gasteiger partial charge in [-0.15, -0.1) is 0 Å². The smallest absolute Gasteiger partial charge is 0.0593 e. The highest BCUT2D eigenvalue weighted by atomic mass is 16.5. The van der Waals surface area contributed by atoms with E-state index in [-0.39, 0.29) is 0 Å². The molecule has 0 radical (unpaired) electrons. The van der Waals surface area contributed by atoms with Crippen molar-refractivity contribution in [1.29, 1.82) is 0 Å². The van der Waals surface area contributed by atoms with Crippen molar-refractivity contribution in [1.82, 2.24) is 10.2 Å². The summed E-state index contributed by atoms with van der Waals surface area (Å²) in [6.45, 7) is 19.0. The average molecular weight is 299 g/mol. The first-order valence-corrected chi connectivity index (χ1v) is 9.00. The molecule has 126 valence electrons. The molecule has 0 spiro atoms. The van der Waals surface area contributed by atoms with Gasteiger partial charge in [-0.3, -0.25) is 4.90 Å². The molecule has 1 heterocycles. The summed E-state index contributed by atoms with van der Waals surface area (Å²) >= 11 is 0. The van der Waals surface area contributed by atoms with E-state index in [9.17, 15) is 0 Å². The van der Waals surface area contributed by atoms with Crippen LogP contribution < -0.4 is 5.32 Å². The number of piperazine rings is 1. The summed E-state index contributed by atoms with van der Waals surface area (Å²) < 4.78 is 5.84. The monoisotopic (exact) mass is 298 g/mol. The zero-order valence-corrected chi connectivity index (χ0v) is 15.2. The van der Waals surface area contributed by atoms with Crippen LogP contribution in [0.1, 0.15) is 54.4 Å². The zero-order chi connectivity index (χ0) is 15.8. The molecule has 3 heteroatoms. The Morgan fingerprint density at radius 2 is 1.86 bits per heavy atom. The van der Waals surface area contributed by atoms with Crippen LogP contribution in [-0.4, -0.2) is 49.8 Å². The van der Waals surface area contributed by atoms with Crippen molar-refractivity contribution in [2.45, 2.75) is 66.5 Å². The molecule has 0 aromatic carbocycles. The minimum absolute atomic E-state index is 0.640. The van der Waals surface area contributed by atoms with Crippen LogP contribution in [-0.2, 0) is 4.74 Å². The maximum atomic E-state index is 5.84. The lowest BCUT2D eigenvalue weighted by Crippen LogP contribution is -2.60. The van der Waals surface area contributed by atoms with Crippen molar-refractivity contribution in [3.63, 3.8) is 0 Å². The van der Waals surface area contributed by atoms with Crippen molar-refractivity contribution < 1.29 is 4.74 Å². The van der Waals surface area contributed by atoms with Gasteiger partial charge in [0.15, 0.2) is 0 Å². The SMILES string of the molecule is CCC(C)C1CN(CCOCCC(C)C)C(C(C)C)CN1. The van der Waals surface area contributed by atoms with Crippen LogP contribution in [0.25, 0.3) is 0 Å². The summed E-state index contributed by atoms with van der Waals surface area (Å²) in [7, 11) is 0. The minimum atomic E-state index is 0.640. The highest BCUT2D eigenvalue weighted by Crippen LogP contribution is 2.19. The molecule has 1 fully saturated rings. The predicted molar refractivity (Wildman–Crippen MR) is 91.7 cm³/mol. The third-order valence-electron chi connectivity index (χ3n) is 4.95. The van der Waals surface area contributed by atoms with Gasteiger partial charge in [0, 0.05) is 38.3 Å². The number of ether oxygens (including phenoxy) is 1. The first-order chi connectivity index (χ1) is 9.95. The van der Waals surface area contributed by atoms with Crippen LogP contribution in [0.3, 0.4) is 0 Å². The van der Waals surface area contributed by atoms with Gasteiger partial charge >= 0.3 is 0 Å². The molecule has 1 rings (SSSR count). The highest BCUT2D eigenvalue weighted by Gasteiger charge is 2.31. The molecule has 1 saturated heterocycles. The molecule has 0 aromatic rings. The van der Waals surface area contributed by atoms with Gasteiger partial charge in [0.05, 0.1) is 6.61 Å². The Morgan fingerprint density at radius 1 is 1.14 bits per heavy atom. The van der Waals surface area contributed by atoms with E-state index in [1.165, 1.54) is 19.4 Å². The number of nitrogens with one attached hydrogen (secondary N) is 1. The Labute approximate surface area is 132 Å². The molecular weight excluding hydrogens is 260 g/mol. The van der Waals surface area contributed by atoms with Crippen LogP contribution >= 0.6 is 0 Å². The topological polar surface area (TPSA) is 24.5 Å². The Balaban J connectivity index is 2.40. The van der Waals surface area contributed by atoms with Crippen molar-refractivity contribution >= 4 is 0 Å². The van der Waals surface area contributed by atoms with E-state index in [0.717, 1.165) is 38.1 Å². The van der Waals surface area contributed by atoms with Gasteiger partial charge in [0.2, 0.25) is 0 Å². The highest BCUT2D eigenvalue weighted by molar-refractivity contribution is 4.89. The Morgan fingerprint density at radius 3 is 2.43 bits per heavy atom. The van der Waals surface area contributed by atoms with Crippen LogP contribution in [0.4, 0.5) is 0 Å². The summed E-state index contributed by atoms with van der Waals surface area (Å²) in [6.07, 6.45) is 2.42. The minimum Gasteiger partial charge on any atom is -0.380 e. The summed E-state index contributed by atoms with van der Waals surface area (Å²) in [5.74, 6) is 2.19. The second kappa shape index (κ2) is 9.81. The molecule has 3 unspecified atom stereocenters. The standard InChI is InChI=1S/C18H38N2O/c1-7-16(6)17-13-20(18(12-19-17)15(4)5)9-11-21-10-8-14(2)3/h14-19H,7-13H2,1-6H3. The first-order valence-electron chi connectivity index (χ1n) is 9.00. The van der Waals surface area contributed by atoms with E-state index >= 15 is 0 Å². The van der Waals surface area contributed by atoms with E-state index in [1.54, 1.807) is 0 Å². The van der Waals surface area contributed by atoms with Crippen LogP contribution in [0.15, 0.2) is 0 Å². The molecule has 0 saturated carbocycles. The van der Waals surface area contributed by atoms with Crippen LogP contribution in [0, 0.1) is 17.8 Å². The molecule has 21 heavy (non-hydrogen) atoms. The van der Waals surface area contributed by atoms with Gasteiger partial charge in [0.25, 0.3) is 0 Å². The van der Waals surface area contributed by atoms with E-state index in [2.05, 4.69) is 51.8 Å². The molecular formula is C18H38N2O. The number of hydrogen-bond acceptors (Lipinski definition) is 3. The van der Waals surface area contributed by atoms with E-state index in [1.807, 2.05) is 0 Å². The third kappa shape index (κ3) is 6.66. The zero-order valence-electron chi connectivity index (χ0n) is 15.2. The van der Waals surface area contributed by atoms with Gasteiger partial charge in [-0.2, -0.15) is 0 Å². The van der Waals surface area contributed by atoms with Gasteiger partial charge in [-0.05, 0) is 24.2 Å². The first kappa shape index (κ1) is 18.9. The van der Waals surface area contributed by atoms with Crippen molar-refractivity contribution in [2.24, 2.45) is 17.8 Å². The lowest BCUT2D eigenvalue weighted by molar-refractivity contribution is 0.0396. The van der Waals surface area contributed by atoms with Crippen molar-refractivity contribution in [2.75, 3.05) is 32.8 Å². The van der Waals surface area contributed by atoms with Gasteiger partial charge in [-0.25, -0.2) is 0 Å². The largest absolute Gasteiger partial charge is 0.380 e. The summed E-state index contributed by atoms with van der Waals surface area (Å²) in [5, 5.41) is 3.77. The average Bonchev–Trinajstić information content (AvgIpc) is 2.45. The Bertz CT molecular complexity index is 268. The normalized spacial score (nSPS) is 25.7. The quantitative estimate of drug-likeness (QED) is 0.660. The number of nitrogens with zero attached hydrogens (tertiary/aromatic N) is 1. The molecule has 3 nitrogen and oxygen atoms in total. The van der Waals surface area contributed by atoms with Gasteiger partial charge in [0.1, 0.15) is 0 Å². The van der Waals surface area contributed by atoms with Crippen molar-refractivity contribution in [3.8, 4) is 0 Å². The van der Waals surface area contributed by atoms with Crippen molar-refractivity contribution in [3.05, 3.63) is 0 Å². The summed E-state index contributed by atoms with van der Waals surface area (Å²) in [4.78, 5) is 2.66. The Kier molecular flexibility index (Phi) is 8.84. The molecule has 0 aliphatic carbocycles. The van der Waals surface area contributed by atoms with Gasteiger partial charge < -0.3 is 10.1 Å².